The Morgan fingerprint density at radius 3 is 1.86 bits per heavy atom. The summed E-state index contributed by atoms with van der Waals surface area (Å²) < 4.78 is 0. The Balaban J connectivity index is 1.21. The quantitative estimate of drug-likeness (QED) is 0.487. The molecule has 0 aromatic heterocycles. The third-order valence-corrected chi connectivity index (χ3v) is 7.45. The molecule has 3 aromatic carbocycles. The SMILES string of the molecule is C[C@]1(CCc2ccccc2)NC(=O)N(CN2CCN(C(c3ccccc3)c3ccccc3)CC2)C1=O. The number of urea groups is 1. The van der Waals surface area contributed by atoms with Crippen molar-refractivity contribution in [3.63, 3.8) is 0 Å². The zero-order valence-corrected chi connectivity index (χ0v) is 20.8. The van der Waals surface area contributed by atoms with Crippen LogP contribution >= 0.6 is 0 Å². The lowest BCUT2D eigenvalue weighted by Crippen LogP contribution is -2.52. The van der Waals surface area contributed by atoms with Gasteiger partial charge >= 0.3 is 6.03 Å². The van der Waals surface area contributed by atoms with E-state index in [0.29, 0.717) is 13.1 Å². The highest BCUT2D eigenvalue weighted by Gasteiger charge is 2.47. The molecule has 186 valence electrons. The third kappa shape index (κ3) is 5.20. The first-order valence-corrected chi connectivity index (χ1v) is 12.8. The van der Waals surface area contributed by atoms with Crippen LogP contribution in [0.5, 0.6) is 0 Å². The Morgan fingerprint density at radius 1 is 0.778 bits per heavy atom. The predicted molar refractivity (Wildman–Crippen MR) is 141 cm³/mol. The molecule has 5 rings (SSSR count). The summed E-state index contributed by atoms with van der Waals surface area (Å²) in [5, 5.41) is 2.96. The summed E-state index contributed by atoms with van der Waals surface area (Å²) >= 11 is 0. The summed E-state index contributed by atoms with van der Waals surface area (Å²) in [6, 6.07) is 31.2. The minimum Gasteiger partial charge on any atom is -0.323 e. The Kier molecular flexibility index (Phi) is 7.16. The molecular formula is C30H34N4O2. The molecule has 36 heavy (non-hydrogen) atoms. The van der Waals surface area contributed by atoms with Crippen LogP contribution in [0, 0.1) is 0 Å². The topological polar surface area (TPSA) is 55.9 Å². The number of hydrogen-bond donors (Lipinski definition) is 1. The maximum absolute atomic E-state index is 13.3. The van der Waals surface area contributed by atoms with E-state index in [0.717, 1.165) is 32.6 Å². The lowest BCUT2D eigenvalue weighted by atomic mass is 9.93. The summed E-state index contributed by atoms with van der Waals surface area (Å²) in [5.41, 5.74) is 2.86. The van der Waals surface area contributed by atoms with Crippen molar-refractivity contribution in [3.8, 4) is 0 Å². The van der Waals surface area contributed by atoms with Crippen LogP contribution in [-0.2, 0) is 11.2 Å². The first kappa shape index (κ1) is 24.2. The monoisotopic (exact) mass is 482 g/mol. The summed E-state index contributed by atoms with van der Waals surface area (Å²) in [6.07, 6.45) is 1.33. The zero-order chi connectivity index (χ0) is 25.0. The normalized spacial score (nSPS) is 21.2. The van der Waals surface area contributed by atoms with Crippen molar-refractivity contribution >= 4 is 11.9 Å². The zero-order valence-electron chi connectivity index (χ0n) is 20.8. The first-order valence-electron chi connectivity index (χ1n) is 12.8. The van der Waals surface area contributed by atoms with E-state index in [2.05, 4.69) is 87.9 Å². The Hall–Kier alpha value is -3.48. The molecule has 6 nitrogen and oxygen atoms in total. The molecule has 3 amide bonds. The fraction of sp³-hybridized carbons (Fsp3) is 0.333. The predicted octanol–water partition coefficient (Wildman–Crippen LogP) is 4.29. The van der Waals surface area contributed by atoms with Gasteiger partial charge in [0.2, 0.25) is 0 Å². The highest BCUT2D eigenvalue weighted by Crippen LogP contribution is 2.30. The van der Waals surface area contributed by atoms with E-state index in [1.54, 1.807) is 0 Å². The van der Waals surface area contributed by atoms with Gasteiger partial charge in [-0.2, -0.15) is 0 Å². The smallest absolute Gasteiger partial charge is 0.323 e. The second-order valence-electron chi connectivity index (χ2n) is 10.0. The molecule has 2 aliphatic rings. The van der Waals surface area contributed by atoms with Gasteiger partial charge in [0.1, 0.15) is 5.54 Å². The largest absolute Gasteiger partial charge is 0.326 e. The van der Waals surface area contributed by atoms with E-state index < -0.39 is 5.54 Å². The fourth-order valence-electron chi connectivity index (χ4n) is 5.33. The molecule has 3 aromatic rings. The highest BCUT2D eigenvalue weighted by atomic mass is 16.2. The molecule has 0 aliphatic carbocycles. The third-order valence-electron chi connectivity index (χ3n) is 7.45. The maximum atomic E-state index is 13.3. The number of piperazine rings is 1. The van der Waals surface area contributed by atoms with Crippen LogP contribution in [0.2, 0.25) is 0 Å². The molecular weight excluding hydrogens is 448 g/mol. The van der Waals surface area contributed by atoms with E-state index in [-0.39, 0.29) is 18.0 Å². The van der Waals surface area contributed by atoms with Gasteiger partial charge in [-0.1, -0.05) is 91.0 Å². The van der Waals surface area contributed by atoms with Gasteiger partial charge in [0.15, 0.2) is 0 Å². The van der Waals surface area contributed by atoms with E-state index in [4.69, 9.17) is 0 Å². The van der Waals surface area contributed by atoms with Crippen molar-refractivity contribution in [1.82, 2.24) is 20.0 Å². The molecule has 2 fully saturated rings. The van der Waals surface area contributed by atoms with Crippen LogP contribution in [0.15, 0.2) is 91.0 Å². The number of amides is 3. The fourth-order valence-corrected chi connectivity index (χ4v) is 5.33. The van der Waals surface area contributed by atoms with Crippen LogP contribution in [0.25, 0.3) is 0 Å². The molecule has 6 heteroatoms. The standard InChI is InChI=1S/C30H34N4O2/c1-30(18-17-24-11-5-2-6-12-24)28(35)34(29(36)31-30)23-32-19-21-33(22-20-32)27(25-13-7-3-8-14-25)26-15-9-4-10-16-26/h2-16,27H,17-23H2,1H3,(H,31,36)/t30-/m1/s1. The maximum Gasteiger partial charge on any atom is 0.326 e. The second kappa shape index (κ2) is 10.6. The molecule has 1 atom stereocenters. The molecule has 0 bridgehead atoms. The molecule has 2 aliphatic heterocycles. The Morgan fingerprint density at radius 2 is 1.31 bits per heavy atom. The minimum atomic E-state index is -0.861. The number of rotatable bonds is 8. The number of imide groups is 1. The summed E-state index contributed by atoms with van der Waals surface area (Å²) in [7, 11) is 0. The van der Waals surface area contributed by atoms with Gasteiger partial charge in [-0.25, -0.2) is 9.69 Å². The van der Waals surface area contributed by atoms with Gasteiger partial charge in [-0.3, -0.25) is 14.6 Å². The number of benzene rings is 3. The van der Waals surface area contributed by atoms with Crippen molar-refractivity contribution in [3.05, 3.63) is 108 Å². The van der Waals surface area contributed by atoms with Gasteiger partial charge in [0, 0.05) is 26.2 Å². The van der Waals surface area contributed by atoms with E-state index >= 15 is 0 Å². The van der Waals surface area contributed by atoms with Crippen molar-refractivity contribution in [2.75, 3.05) is 32.8 Å². The van der Waals surface area contributed by atoms with Crippen LogP contribution in [-0.4, -0.2) is 65.0 Å². The summed E-state index contributed by atoms with van der Waals surface area (Å²) in [6.45, 7) is 5.51. The average molecular weight is 483 g/mol. The first-order chi connectivity index (χ1) is 17.5. The van der Waals surface area contributed by atoms with Crippen molar-refractivity contribution in [1.29, 1.82) is 0 Å². The number of nitrogens with one attached hydrogen (secondary N) is 1. The molecule has 0 saturated carbocycles. The van der Waals surface area contributed by atoms with Crippen molar-refractivity contribution in [2.24, 2.45) is 0 Å². The van der Waals surface area contributed by atoms with Crippen LogP contribution in [0.1, 0.15) is 36.1 Å². The van der Waals surface area contributed by atoms with Crippen molar-refractivity contribution < 1.29 is 9.59 Å². The molecule has 1 N–H and O–H groups in total. The highest BCUT2D eigenvalue weighted by molar-refractivity contribution is 6.06. The molecule has 2 saturated heterocycles. The summed E-state index contributed by atoms with van der Waals surface area (Å²) in [4.78, 5) is 32.2. The lowest BCUT2D eigenvalue weighted by molar-refractivity contribution is -0.132. The molecule has 0 radical (unpaired) electrons. The van der Waals surface area contributed by atoms with Gasteiger partial charge < -0.3 is 5.32 Å². The van der Waals surface area contributed by atoms with E-state index in [9.17, 15) is 9.59 Å². The molecule has 2 heterocycles. The van der Waals surface area contributed by atoms with Gasteiger partial charge in [0.25, 0.3) is 5.91 Å². The van der Waals surface area contributed by atoms with E-state index in [1.807, 2.05) is 25.1 Å². The van der Waals surface area contributed by atoms with Crippen LogP contribution in [0.4, 0.5) is 4.79 Å². The number of aryl methyl sites for hydroxylation is 1. The Labute approximate surface area is 213 Å². The lowest BCUT2D eigenvalue weighted by Gasteiger charge is -2.40. The Bertz CT molecular complexity index is 1120. The van der Waals surface area contributed by atoms with Crippen LogP contribution < -0.4 is 5.32 Å². The summed E-state index contributed by atoms with van der Waals surface area (Å²) in [5.74, 6) is -0.127. The van der Waals surface area contributed by atoms with Gasteiger partial charge in [-0.05, 0) is 36.5 Å². The number of carbonyl (C=O) groups is 2. The van der Waals surface area contributed by atoms with E-state index in [1.165, 1.54) is 21.6 Å². The number of nitrogens with zero attached hydrogens (tertiary/aromatic N) is 3. The second-order valence-corrected chi connectivity index (χ2v) is 10.0. The van der Waals surface area contributed by atoms with Crippen LogP contribution in [0.3, 0.4) is 0 Å². The number of carbonyl (C=O) groups excluding carboxylic acids is 2. The average Bonchev–Trinajstić information content (AvgIpc) is 3.13. The van der Waals surface area contributed by atoms with Gasteiger partial charge in [-0.15, -0.1) is 0 Å². The van der Waals surface area contributed by atoms with Crippen molar-refractivity contribution in [2.45, 2.75) is 31.3 Å². The molecule has 0 spiro atoms. The number of hydrogen-bond acceptors (Lipinski definition) is 4. The minimum absolute atomic E-state index is 0.127. The molecule has 0 unspecified atom stereocenters. The van der Waals surface area contributed by atoms with Gasteiger partial charge in [0.05, 0.1) is 12.7 Å².